The maximum Gasteiger partial charge on any atom is 0.226 e. The largest absolute Gasteiger partial charge is 0.339 e. The molecule has 0 radical (unpaired) electrons. The van der Waals surface area contributed by atoms with Crippen molar-refractivity contribution in [1.82, 2.24) is 15.5 Å². The molecule has 0 aliphatic carbocycles. The molecule has 0 bridgehead atoms. The van der Waals surface area contributed by atoms with Crippen LogP contribution >= 0.6 is 11.3 Å². The van der Waals surface area contributed by atoms with Crippen LogP contribution in [0.4, 0.5) is 0 Å². The van der Waals surface area contributed by atoms with Crippen LogP contribution in [0.2, 0.25) is 0 Å². The predicted molar refractivity (Wildman–Crippen MR) is 70.7 cm³/mol. The van der Waals surface area contributed by atoms with Crippen molar-refractivity contribution in [3.63, 3.8) is 0 Å². The third kappa shape index (κ3) is 2.97. The summed E-state index contributed by atoms with van der Waals surface area (Å²) in [6.07, 6.45) is 4.11. The zero-order valence-electron chi connectivity index (χ0n) is 10.3. The number of hydrogen-bond acceptors (Lipinski definition) is 5. The summed E-state index contributed by atoms with van der Waals surface area (Å²) >= 11 is 1.73. The Balaban J connectivity index is 1.52. The van der Waals surface area contributed by atoms with Gasteiger partial charge in [-0.25, -0.2) is 0 Å². The number of aromatic nitrogens is 2. The van der Waals surface area contributed by atoms with Gasteiger partial charge in [0.05, 0.1) is 0 Å². The fraction of sp³-hybridized carbons (Fsp3) is 0.538. The first-order valence-corrected chi connectivity index (χ1v) is 7.32. The third-order valence-electron chi connectivity index (χ3n) is 3.35. The molecule has 5 heteroatoms. The quantitative estimate of drug-likeness (QED) is 0.899. The molecule has 1 atom stereocenters. The molecule has 4 nitrogen and oxygen atoms in total. The van der Waals surface area contributed by atoms with E-state index in [0.29, 0.717) is 0 Å². The van der Waals surface area contributed by atoms with E-state index in [2.05, 4.69) is 26.9 Å². The second kappa shape index (κ2) is 5.63. The van der Waals surface area contributed by atoms with Gasteiger partial charge in [-0.15, -0.1) is 11.3 Å². The Hall–Kier alpha value is -1.20. The Morgan fingerprint density at radius 3 is 3.28 bits per heavy atom. The molecule has 1 unspecified atom stereocenters. The van der Waals surface area contributed by atoms with Gasteiger partial charge in [-0.1, -0.05) is 11.2 Å². The van der Waals surface area contributed by atoms with Crippen LogP contribution in [-0.4, -0.2) is 23.2 Å². The number of rotatable bonds is 5. The van der Waals surface area contributed by atoms with Crippen LogP contribution in [0.3, 0.4) is 0 Å². The van der Waals surface area contributed by atoms with Gasteiger partial charge >= 0.3 is 0 Å². The zero-order valence-corrected chi connectivity index (χ0v) is 11.1. The van der Waals surface area contributed by atoms with E-state index in [1.165, 1.54) is 11.3 Å². The van der Waals surface area contributed by atoms with Crippen molar-refractivity contribution in [1.29, 1.82) is 0 Å². The summed E-state index contributed by atoms with van der Waals surface area (Å²) in [6, 6.07) is 4.15. The van der Waals surface area contributed by atoms with Gasteiger partial charge < -0.3 is 9.84 Å². The van der Waals surface area contributed by atoms with Gasteiger partial charge in [0.1, 0.15) is 0 Å². The normalized spacial score (nSPS) is 19.4. The zero-order chi connectivity index (χ0) is 12.2. The van der Waals surface area contributed by atoms with Crippen molar-refractivity contribution >= 4 is 11.3 Å². The van der Waals surface area contributed by atoms with Crippen LogP contribution in [0.5, 0.6) is 0 Å². The molecule has 2 aromatic heterocycles. The van der Waals surface area contributed by atoms with Crippen LogP contribution < -0.4 is 5.32 Å². The molecule has 1 aliphatic rings. The molecule has 1 fully saturated rings. The second-order valence-corrected chi connectivity index (χ2v) is 5.79. The fourth-order valence-corrected chi connectivity index (χ4v) is 3.02. The Labute approximate surface area is 110 Å². The molecular formula is C13H17N3OS. The van der Waals surface area contributed by atoms with E-state index in [1.54, 1.807) is 11.3 Å². The van der Waals surface area contributed by atoms with Gasteiger partial charge in [0.15, 0.2) is 5.82 Å². The van der Waals surface area contributed by atoms with Gasteiger partial charge in [-0.2, -0.15) is 4.98 Å². The van der Waals surface area contributed by atoms with Gasteiger partial charge in [-0.3, -0.25) is 0 Å². The number of nitrogens with one attached hydrogen (secondary N) is 1. The third-order valence-corrected chi connectivity index (χ3v) is 4.23. The molecule has 1 saturated heterocycles. The lowest BCUT2D eigenvalue weighted by Crippen LogP contribution is -2.09. The monoisotopic (exact) mass is 263 g/mol. The summed E-state index contributed by atoms with van der Waals surface area (Å²) < 4.78 is 5.30. The Morgan fingerprint density at radius 2 is 2.50 bits per heavy atom. The Kier molecular flexibility index (Phi) is 3.71. The number of thiophene rings is 1. The average Bonchev–Trinajstić information content (AvgIpc) is 3.09. The predicted octanol–water partition coefficient (Wildman–Crippen LogP) is 2.26. The van der Waals surface area contributed by atoms with E-state index in [0.717, 1.165) is 50.0 Å². The second-order valence-electron chi connectivity index (χ2n) is 4.76. The fourth-order valence-electron chi connectivity index (χ4n) is 2.32. The van der Waals surface area contributed by atoms with E-state index in [9.17, 15) is 0 Å². The van der Waals surface area contributed by atoms with E-state index < -0.39 is 0 Å². The summed E-state index contributed by atoms with van der Waals surface area (Å²) in [5, 5.41) is 9.49. The average molecular weight is 263 g/mol. The lowest BCUT2D eigenvalue weighted by Gasteiger charge is -2.03. The first-order chi connectivity index (χ1) is 8.90. The summed E-state index contributed by atoms with van der Waals surface area (Å²) in [5.41, 5.74) is 0. The Bertz CT molecular complexity index is 474. The van der Waals surface area contributed by atoms with E-state index in [-0.39, 0.29) is 0 Å². The number of nitrogens with zero attached hydrogens (tertiary/aromatic N) is 2. The molecule has 3 heterocycles. The summed E-state index contributed by atoms with van der Waals surface area (Å²) in [5.74, 6) is 2.36. The first-order valence-electron chi connectivity index (χ1n) is 6.45. The summed E-state index contributed by atoms with van der Waals surface area (Å²) in [4.78, 5) is 5.73. The van der Waals surface area contributed by atoms with Crippen LogP contribution in [0.1, 0.15) is 29.4 Å². The molecule has 0 spiro atoms. The SMILES string of the molecule is c1csc(Cc2noc(CCC3CCNC3)n2)c1. The lowest BCUT2D eigenvalue weighted by atomic mass is 10.0. The molecule has 0 saturated carbocycles. The topological polar surface area (TPSA) is 51.0 Å². The van der Waals surface area contributed by atoms with Gasteiger partial charge in [-0.05, 0) is 43.3 Å². The van der Waals surface area contributed by atoms with Crippen LogP contribution in [0.15, 0.2) is 22.0 Å². The summed E-state index contributed by atoms with van der Waals surface area (Å²) in [7, 11) is 0. The Morgan fingerprint density at radius 1 is 1.50 bits per heavy atom. The summed E-state index contributed by atoms with van der Waals surface area (Å²) in [6.45, 7) is 2.29. The van der Waals surface area contributed by atoms with Gasteiger partial charge in [0.25, 0.3) is 0 Å². The van der Waals surface area contributed by atoms with Crippen molar-refractivity contribution in [2.75, 3.05) is 13.1 Å². The number of hydrogen-bond donors (Lipinski definition) is 1. The van der Waals surface area contributed by atoms with Crippen molar-refractivity contribution in [2.24, 2.45) is 5.92 Å². The maximum atomic E-state index is 5.30. The van der Waals surface area contributed by atoms with Gasteiger partial charge in [0, 0.05) is 17.7 Å². The minimum atomic E-state index is 0.776. The molecule has 3 rings (SSSR count). The van der Waals surface area contributed by atoms with Crippen LogP contribution in [0.25, 0.3) is 0 Å². The maximum absolute atomic E-state index is 5.30. The highest BCUT2D eigenvalue weighted by Gasteiger charge is 2.16. The molecule has 18 heavy (non-hydrogen) atoms. The molecule has 0 amide bonds. The van der Waals surface area contributed by atoms with Crippen molar-refractivity contribution < 1.29 is 4.52 Å². The van der Waals surface area contributed by atoms with Crippen LogP contribution in [-0.2, 0) is 12.8 Å². The minimum Gasteiger partial charge on any atom is -0.339 e. The smallest absolute Gasteiger partial charge is 0.226 e. The molecule has 2 aromatic rings. The van der Waals surface area contributed by atoms with Crippen molar-refractivity contribution in [3.05, 3.63) is 34.1 Å². The van der Waals surface area contributed by atoms with Crippen LogP contribution in [0, 0.1) is 5.92 Å². The van der Waals surface area contributed by atoms with Gasteiger partial charge in [0.2, 0.25) is 5.89 Å². The van der Waals surface area contributed by atoms with E-state index in [1.807, 2.05) is 6.07 Å². The minimum absolute atomic E-state index is 0.776. The first kappa shape index (κ1) is 11.9. The highest BCUT2D eigenvalue weighted by Crippen LogP contribution is 2.16. The highest BCUT2D eigenvalue weighted by atomic mass is 32.1. The van der Waals surface area contributed by atoms with Crippen molar-refractivity contribution in [3.8, 4) is 0 Å². The highest BCUT2D eigenvalue weighted by molar-refractivity contribution is 7.09. The standard InChI is InChI=1S/C13H17N3OS/c1-2-11(18-7-1)8-12-15-13(17-16-12)4-3-10-5-6-14-9-10/h1-2,7,10,14H,3-6,8-9H2. The number of aryl methyl sites for hydroxylation is 1. The molecule has 1 aliphatic heterocycles. The van der Waals surface area contributed by atoms with Crippen molar-refractivity contribution in [2.45, 2.75) is 25.7 Å². The van der Waals surface area contributed by atoms with E-state index >= 15 is 0 Å². The molecule has 0 aromatic carbocycles. The molecular weight excluding hydrogens is 246 g/mol. The lowest BCUT2D eigenvalue weighted by molar-refractivity contribution is 0.361. The molecule has 96 valence electrons. The van der Waals surface area contributed by atoms with E-state index in [4.69, 9.17) is 4.52 Å². The molecule has 1 N–H and O–H groups in total.